The Morgan fingerprint density at radius 2 is 2.45 bits per heavy atom. The lowest BCUT2D eigenvalue weighted by Crippen LogP contribution is -2.49. The highest BCUT2D eigenvalue weighted by atomic mass is 16.3. The Morgan fingerprint density at radius 1 is 1.64 bits per heavy atom. The van der Waals surface area contributed by atoms with Gasteiger partial charge in [-0.1, -0.05) is 0 Å². The molecular formula is C8H12N2O. The lowest BCUT2D eigenvalue weighted by Gasteiger charge is -2.35. The van der Waals surface area contributed by atoms with Gasteiger partial charge in [-0.2, -0.15) is 0 Å². The number of aromatic nitrogens is 1. The average Bonchev–Trinajstić information content (AvgIpc) is 2.36. The Kier molecular flexibility index (Phi) is 1.68. The summed E-state index contributed by atoms with van der Waals surface area (Å²) >= 11 is 0. The van der Waals surface area contributed by atoms with Gasteiger partial charge in [0.15, 0.2) is 0 Å². The fraction of sp³-hybridized carbons (Fsp3) is 0.500. The number of rotatable bonds is 2. The first-order valence-corrected chi connectivity index (χ1v) is 3.87. The number of β-amino-alcohol motifs (C(OH)–C–C–N with tert-alkyl or cyclic N) is 1. The summed E-state index contributed by atoms with van der Waals surface area (Å²) in [5, 5.41) is 9.00. The zero-order chi connectivity index (χ0) is 7.68. The van der Waals surface area contributed by atoms with Crippen LogP contribution in [0.25, 0.3) is 0 Å². The van der Waals surface area contributed by atoms with E-state index in [1.54, 1.807) is 0 Å². The zero-order valence-electron chi connectivity index (χ0n) is 6.33. The van der Waals surface area contributed by atoms with Crippen LogP contribution >= 0.6 is 0 Å². The molecule has 0 spiro atoms. The minimum absolute atomic E-state index is 0.0926. The van der Waals surface area contributed by atoms with Crippen LogP contribution in [0.5, 0.6) is 0 Å². The molecule has 11 heavy (non-hydrogen) atoms. The number of H-pyrrole nitrogens is 1. The maximum atomic E-state index is 9.00. The van der Waals surface area contributed by atoms with Gasteiger partial charge in [-0.25, -0.2) is 0 Å². The molecule has 2 N–H and O–H groups in total. The average molecular weight is 152 g/mol. The number of aromatic amines is 1. The van der Waals surface area contributed by atoms with E-state index < -0.39 is 0 Å². The van der Waals surface area contributed by atoms with Crippen LogP contribution in [0.3, 0.4) is 0 Å². The quantitative estimate of drug-likeness (QED) is 0.635. The highest BCUT2D eigenvalue weighted by Gasteiger charge is 2.23. The number of aliphatic hydroxyl groups excluding tert-OH is 1. The molecular weight excluding hydrogens is 140 g/mol. The van der Waals surface area contributed by atoms with E-state index in [0.29, 0.717) is 0 Å². The highest BCUT2D eigenvalue weighted by molar-refractivity contribution is 5.04. The van der Waals surface area contributed by atoms with Crippen molar-refractivity contribution in [3.05, 3.63) is 24.0 Å². The maximum Gasteiger partial charge on any atom is 0.0794 e. The van der Waals surface area contributed by atoms with Gasteiger partial charge >= 0.3 is 0 Å². The number of hydrogen-bond acceptors (Lipinski definition) is 2. The Hall–Kier alpha value is -0.800. The fourth-order valence-electron chi connectivity index (χ4n) is 1.38. The van der Waals surface area contributed by atoms with Crippen molar-refractivity contribution in [1.29, 1.82) is 0 Å². The predicted octanol–water partition coefficient (Wildman–Crippen LogP) is 0.191. The van der Waals surface area contributed by atoms with Crippen LogP contribution in [-0.2, 0) is 6.54 Å². The first-order valence-electron chi connectivity index (χ1n) is 3.87. The topological polar surface area (TPSA) is 39.3 Å². The number of aliphatic hydroxyl groups is 1. The molecule has 0 atom stereocenters. The van der Waals surface area contributed by atoms with Crippen molar-refractivity contribution in [3.8, 4) is 0 Å². The van der Waals surface area contributed by atoms with Gasteiger partial charge in [-0.15, -0.1) is 0 Å². The van der Waals surface area contributed by atoms with Gasteiger partial charge in [0.05, 0.1) is 6.10 Å². The van der Waals surface area contributed by atoms with Crippen LogP contribution in [0, 0.1) is 0 Å². The molecule has 0 saturated carbocycles. The molecule has 1 aromatic rings. The summed E-state index contributed by atoms with van der Waals surface area (Å²) in [4.78, 5) is 5.33. The molecule has 1 aromatic heterocycles. The van der Waals surface area contributed by atoms with Gasteiger partial charge < -0.3 is 10.1 Å². The van der Waals surface area contributed by atoms with Crippen molar-refractivity contribution >= 4 is 0 Å². The van der Waals surface area contributed by atoms with E-state index in [1.165, 1.54) is 5.69 Å². The smallest absolute Gasteiger partial charge is 0.0794 e. The highest BCUT2D eigenvalue weighted by Crippen LogP contribution is 2.10. The summed E-state index contributed by atoms with van der Waals surface area (Å²) < 4.78 is 0. The van der Waals surface area contributed by atoms with Crippen LogP contribution in [0.4, 0.5) is 0 Å². The SMILES string of the molecule is OC1CN(Cc2ccc[nH]2)C1. The molecule has 2 rings (SSSR count). The van der Waals surface area contributed by atoms with E-state index >= 15 is 0 Å². The number of likely N-dealkylation sites (tertiary alicyclic amines) is 1. The van der Waals surface area contributed by atoms with Crippen molar-refractivity contribution in [3.63, 3.8) is 0 Å². The van der Waals surface area contributed by atoms with Crippen LogP contribution < -0.4 is 0 Å². The third-order valence-corrected chi connectivity index (χ3v) is 1.99. The molecule has 0 aliphatic carbocycles. The molecule has 3 heteroatoms. The van der Waals surface area contributed by atoms with E-state index in [1.807, 2.05) is 12.3 Å². The lowest BCUT2D eigenvalue weighted by molar-refractivity contribution is -0.00345. The zero-order valence-corrected chi connectivity index (χ0v) is 6.33. The molecule has 0 amide bonds. The monoisotopic (exact) mass is 152 g/mol. The van der Waals surface area contributed by atoms with E-state index in [4.69, 9.17) is 5.11 Å². The molecule has 1 aliphatic rings. The molecule has 3 nitrogen and oxygen atoms in total. The number of nitrogens with one attached hydrogen (secondary N) is 1. The summed E-state index contributed by atoms with van der Waals surface area (Å²) in [7, 11) is 0. The first-order chi connectivity index (χ1) is 5.34. The van der Waals surface area contributed by atoms with Gasteiger partial charge in [-0.3, -0.25) is 4.90 Å². The van der Waals surface area contributed by atoms with Crippen LogP contribution in [0.15, 0.2) is 18.3 Å². The lowest BCUT2D eigenvalue weighted by atomic mass is 10.1. The summed E-state index contributed by atoms with van der Waals surface area (Å²) in [6.07, 6.45) is 1.83. The van der Waals surface area contributed by atoms with Crippen molar-refractivity contribution < 1.29 is 5.11 Å². The molecule has 2 heterocycles. The van der Waals surface area contributed by atoms with E-state index in [2.05, 4.69) is 16.0 Å². The van der Waals surface area contributed by atoms with Crippen LogP contribution in [0.1, 0.15) is 5.69 Å². The van der Waals surface area contributed by atoms with Gasteiger partial charge in [0.1, 0.15) is 0 Å². The van der Waals surface area contributed by atoms with Gasteiger partial charge in [-0.05, 0) is 12.1 Å². The van der Waals surface area contributed by atoms with Crippen molar-refractivity contribution in [2.45, 2.75) is 12.6 Å². The Bertz CT molecular complexity index is 214. The predicted molar refractivity (Wildman–Crippen MR) is 42.1 cm³/mol. The number of nitrogens with zero attached hydrogens (tertiary/aromatic N) is 1. The van der Waals surface area contributed by atoms with Crippen molar-refractivity contribution in [2.24, 2.45) is 0 Å². The molecule has 1 saturated heterocycles. The van der Waals surface area contributed by atoms with Crippen molar-refractivity contribution in [2.75, 3.05) is 13.1 Å². The molecule has 0 bridgehead atoms. The minimum atomic E-state index is -0.0926. The second kappa shape index (κ2) is 2.68. The normalized spacial score (nSPS) is 20.1. The summed E-state index contributed by atoms with van der Waals surface area (Å²) in [5.74, 6) is 0. The van der Waals surface area contributed by atoms with Crippen molar-refractivity contribution in [1.82, 2.24) is 9.88 Å². The maximum absolute atomic E-state index is 9.00. The Labute approximate surface area is 65.6 Å². The van der Waals surface area contributed by atoms with Gasteiger partial charge in [0.2, 0.25) is 0 Å². The second-order valence-electron chi connectivity index (χ2n) is 3.04. The Balaban J connectivity index is 1.84. The van der Waals surface area contributed by atoms with Gasteiger partial charge in [0.25, 0.3) is 0 Å². The van der Waals surface area contributed by atoms with Crippen LogP contribution in [-0.4, -0.2) is 34.2 Å². The van der Waals surface area contributed by atoms with E-state index in [9.17, 15) is 0 Å². The van der Waals surface area contributed by atoms with E-state index in [-0.39, 0.29) is 6.10 Å². The first kappa shape index (κ1) is 6.88. The Morgan fingerprint density at radius 3 is 3.00 bits per heavy atom. The molecule has 60 valence electrons. The summed E-state index contributed by atoms with van der Waals surface area (Å²) in [5.41, 5.74) is 1.22. The number of hydrogen-bond donors (Lipinski definition) is 2. The molecule has 0 unspecified atom stereocenters. The van der Waals surface area contributed by atoms with Crippen LogP contribution in [0.2, 0.25) is 0 Å². The molecule has 0 radical (unpaired) electrons. The standard InChI is InChI=1S/C8H12N2O/c11-8-5-10(6-8)4-7-2-1-3-9-7/h1-3,8-9,11H,4-6H2. The third-order valence-electron chi connectivity index (χ3n) is 1.99. The summed E-state index contributed by atoms with van der Waals surface area (Å²) in [6.45, 7) is 2.57. The fourth-order valence-corrected chi connectivity index (χ4v) is 1.38. The summed E-state index contributed by atoms with van der Waals surface area (Å²) in [6, 6.07) is 4.05. The largest absolute Gasteiger partial charge is 0.390 e. The molecule has 1 fully saturated rings. The third kappa shape index (κ3) is 1.44. The molecule has 0 aromatic carbocycles. The molecule has 1 aliphatic heterocycles. The van der Waals surface area contributed by atoms with Gasteiger partial charge in [0, 0.05) is 31.5 Å². The second-order valence-corrected chi connectivity index (χ2v) is 3.04. The van der Waals surface area contributed by atoms with E-state index in [0.717, 1.165) is 19.6 Å². The minimum Gasteiger partial charge on any atom is -0.390 e.